The molecule has 150 valence electrons. The molecule has 28 heavy (non-hydrogen) atoms. The lowest BCUT2D eigenvalue weighted by molar-refractivity contribution is -0.157. The second-order valence-electron chi connectivity index (χ2n) is 8.31. The summed E-state index contributed by atoms with van der Waals surface area (Å²) >= 11 is 0. The van der Waals surface area contributed by atoms with Gasteiger partial charge in [0.1, 0.15) is 5.60 Å². The van der Waals surface area contributed by atoms with Crippen LogP contribution >= 0.6 is 7.37 Å². The highest BCUT2D eigenvalue weighted by Gasteiger charge is 2.51. The topological polar surface area (TPSA) is 52.6 Å². The summed E-state index contributed by atoms with van der Waals surface area (Å²) < 4.78 is 25.9. The Morgan fingerprint density at radius 3 is 1.96 bits per heavy atom. The minimum Gasteiger partial charge on any atom is -0.460 e. The van der Waals surface area contributed by atoms with E-state index >= 15 is 0 Å². The summed E-state index contributed by atoms with van der Waals surface area (Å²) in [7, 11) is -3.26. The van der Waals surface area contributed by atoms with Crippen LogP contribution in [-0.4, -0.2) is 17.7 Å². The monoisotopic (exact) mass is 400 g/mol. The Bertz CT molecular complexity index is 798. The van der Waals surface area contributed by atoms with Crippen molar-refractivity contribution in [3.8, 4) is 0 Å². The first-order valence-electron chi connectivity index (χ1n) is 9.87. The first kappa shape index (κ1) is 20.8. The zero-order valence-corrected chi connectivity index (χ0v) is 17.9. The summed E-state index contributed by atoms with van der Waals surface area (Å²) in [6, 6.07) is 18.7. The normalized spacial score (nSPS) is 20.4. The minimum absolute atomic E-state index is 0.0422. The van der Waals surface area contributed by atoms with Crippen molar-refractivity contribution in [3.05, 3.63) is 60.7 Å². The molecule has 0 bridgehead atoms. The molecule has 1 saturated carbocycles. The van der Waals surface area contributed by atoms with Gasteiger partial charge in [-0.3, -0.25) is 9.36 Å². The van der Waals surface area contributed by atoms with E-state index in [9.17, 15) is 9.36 Å². The van der Waals surface area contributed by atoms with Crippen molar-refractivity contribution < 1.29 is 18.6 Å². The third-order valence-corrected chi connectivity index (χ3v) is 7.43. The summed E-state index contributed by atoms with van der Waals surface area (Å²) in [6.45, 7) is 7.62. The van der Waals surface area contributed by atoms with Crippen molar-refractivity contribution in [2.24, 2.45) is 11.8 Å². The van der Waals surface area contributed by atoms with Gasteiger partial charge in [0.05, 0.1) is 12.0 Å². The number of carbonyl (C=O) groups is 1. The van der Waals surface area contributed by atoms with Crippen LogP contribution in [-0.2, 0) is 18.6 Å². The van der Waals surface area contributed by atoms with E-state index in [0.29, 0.717) is 17.0 Å². The van der Waals surface area contributed by atoms with Crippen LogP contribution in [0.2, 0.25) is 0 Å². The lowest BCUT2D eigenvalue weighted by atomic mass is 10.1. The molecule has 0 unspecified atom stereocenters. The molecule has 0 aromatic heterocycles. The predicted octanol–water partition coefficient (Wildman–Crippen LogP) is 4.69. The van der Waals surface area contributed by atoms with Gasteiger partial charge in [0.25, 0.3) is 7.37 Å². The van der Waals surface area contributed by atoms with Gasteiger partial charge in [0.15, 0.2) is 0 Å². The van der Waals surface area contributed by atoms with E-state index in [1.54, 1.807) is 0 Å². The molecule has 3 atom stereocenters. The fraction of sp³-hybridized carbons (Fsp3) is 0.435. The van der Waals surface area contributed by atoms with E-state index in [4.69, 9.17) is 9.26 Å². The van der Waals surface area contributed by atoms with Crippen LogP contribution < -0.4 is 10.6 Å². The van der Waals surface area contributed by atoms with Crippen LogP contribution in [0.25, 0.3) is 0 Å². The van der Waals surface area contributed by atoms with Crippen LogP contribution in [0.15, 0.2) is 60.7 Å². The number of hydrogen-bond acceptors (Lipinski definition) is 4. The second kappa shape index (κ2) is 8.23. The molecule has 5 heteroatoms. The maximum Gasteiger partial charge on any atom is 0.309 e. The average Bonchev–Trinajstić information content (AvgIpc) is 3.47. The van der Waals surface area contributed by atoms with Crippen molar-refractivity contribution in [1.82, 2.24) is 0 Å². The van der Waals surface area contributed by atoms with Crippen molar-refractivity contribution in [2.45, 2.75) is 52.2 Å². The zero-order valence-electron chi connectivity index (χ0n) is 17.0. The summed E-state index contributed by atoms with van der Waals surface area (Å²) in [4.78, 5) is 12.4. The molecular formula is C23H29O4P. The molecule has 1 aliphatic carbocycles. The average molecular weight is 400 g/mol. The number of hydrogen-bond donors (Lipinski definition) is 0. The summed E-state index contributed by atoms with van der Waals surface area (Å²) in [5.41, 5.74) is -0.504. The third-order valence-electron chi connectivity index (χ3n) is 4.91. The smallest absolute Gasteiger partial charge is 0.309 e. The Morgan fingerprint density at radius 2 is 1.54 bits per heavy atom. The van der Waals surface area contributed by atoms with Gasteiger partial charge < -0.3 is 9.26 Å². The highest BCUT2D eigenvalue weighted by atomic mass is 31.2. The maximum atomic E-state index is 14.1. The van der Waals surface area contributed by atoms with E-state index in [-0.39, 0.29) is 23.9 Å². The fourth-order valence-corrected chi connectivity index (χ4v) is 5.80. The molecule has 2 aromatic carbocycles. The number of carbonyl (C=O) groups excluding carboxylic acids is 1. The predicted molar refractivity (Wildman–Crippen MR) is 112 cm³/mol. The fourth-order valence-electron chi connectivity index (χ4n) is 3.44. The van der Waals surface area contributed by atoms with Gasteiger partial charge in [-0.05, 0) is 63.8 Å². The molecule has 1 fully saturated rings. The summed E-state index contributed by atoms with van der Waals surface area (Å²) in [5, 5.41) is 1.35. The zero-order chi connectivity index (χ0) is 20.4. The van der Waals surface area contributed by atoms with E-state index < -0.39 is 13.0 Å². The van der Waals surface area contributed by atoms with Crippen LogP contribution in [0.5, 0.6) is 0 Å². The van der Waals surface area contributed by atoms with Crippen molar-refractivity contribution >= 4 is 23.9 Å². The molecule has 0 heterocycles. The van der Waals surface area contributed by atoms with Gasteiger partial charge in [-0.2, -0.15) is 0 Å². The molecule has 0 spiro atoms. The Hall–Kier alpha value is -1.90. The molecule has 0 radical (unpaired) electrons. The van der Waals surface area contributed by atoms with Crippen LogP contribution in [0.4, 0.5) is 0 Å². The summed E-state index contributed by atoms with van der Waals surface area (Å²) in [5.74, 6) is -0.321. The Balaban J connectivity index is 1.83. The van der Waals surface area contributed by atoms with Gasteiger partial charge >= 0.3 is 5.97 Å². The Morgan fingerprint density at radius 1 is 1.04 bits per heavy atom. The van der Waals surface area contributed by atoms with Crippen molar-refractivity contribution in [3.63, 3.8) is 0 Å². The minimum atomic E-state index is -3.26. The molecule has 0 saturated heterocycles. The molecule has 2 aromatic rings. The lowest BCUT2D eigenvalue weighted by Crippen LogP contribution is -2.28. The molecule has 0 aliphatic heterocycles. The van der Waals surface area contributed by atoms with Gasteiger partial charge in [-0.1, -0.05) is 43.3 Å². The first-order valence-corrected chi connectivity index (χ1v) is 11.5. The Labute approximate surface area is 167 Å². The van der Waals surface area contributed by atoms with E-state index in [2.05, 4.69) is 0 Å². The highest BCUT2D eigenvalue weighted by molar-refractivity contribution is 7.74. The van der Waals surface area contributed by atoms with E-state index in [1.807, 2.05) is 88.4 Å². The summed E-state index contributed by atoms with van der Waals surface area (Å²) in [6.07, 6.45) is 1.15. The first-order chi connectivity index (χ1) is 13.2. The van der Waals surface area contributed by atoms with Crippen LogP contribution in [0.1, 0.15) is 40.5 Å². The Kier molecular flexibility index (Phi) is 6.12. The standard InChI is InChI=1S/C23H29O4P/c1-5-21(19-16-20(19)22(24)26-23(2,3)4)27-28(25,17-12-8-6-9-13-17)18-14-10-7-11-15-18/h6-15,19-21H,5,16H2,1-4H3/t19-,20-,21-/m1/s1. The molecule has 4 nitrogen and oxygen atoms in total. The van der Waals surface area contributed by atoms with Gasteiger partial charge in [-0.15, -0.1) is 0 Å². The molecule has 1 aliphatic rings. The maximum absolute atomic E-state index is 14.1. The second-order valence-corrected chi connectivity index (χ2v) is 10.7. The van der Waals surface area contributed by atoms with Crippen molar-refractivity contribution in [1.29, 1.82) is 0 Å². The van der Waals surface area contributed by atoms with Crippen molar-refractivity contribution in [2.75, 3.05) is 0 Å². The number of esters is 1. The van der Waals surface area contributed by atoms with E-state index in [1.165, 1.54) is 0 Å². The molecule has 3 rings (SSSR count). The molecular weight excluding hydrogens is 371 g/mol. The third kappa shape index (κ3) is 4.74. The number of ether oxygens (including phenoxy) is 1. The van der Waals surface area contributed by atoms with Crippen LogP contribution in [0.3, 0.4) is 0 Å². The van der Waals surface area contributed by atoms with Gasteiger partial charge in [0.2, 0.25) is 0 Å². The van der Waals surface area contributed by atoms with Crippen LogP contribution in [0, 0.1) is 11.8 Å². The van der Waals surface area contributed by atoms with Gasteiger partial charge in [0, 0.05) is 10.6 Å². The lowest BCUT2D eigenvalue weighted by Gasteiger charge is -2.26. The SMILES string of the molecule is CC[C@@H](OP(=O)(c1ccccc1)c1ccccc1)[C@@H]1C[C@H]1C(=O)OC(C)(C)C. The highest BCUT2D eigenvalue weighted by Crippen LogP contribution is 2.53. The largest absolute Gasteiger partial charge is 0.460 e. The number of benzene rings is 2. The number of rotatable bonds is 7. The molecule has 0 amide bonds. The van der Waals surface area contributed by atoms with Gasteiger partial charge in [-0.25, -0.2) is 0 Å². The van der Waals surface area contributed by atoms with E-state index in [0.717, 1.165) is 6.42 Å². The molecule has 0 N–H and O–H groups in total. The quantitative estimate of drug-likeness (QED) is 0.500.